The van der Waals surface area contributed by atoms with Gasteiger partial charge in [-0.3, -0.25) is 10.1 Å². The third-order valence-corrected chi connectivity index (χ3v) is 3.41. The van der Waals surface area contributed by atoms with Crippen molar-refractivity contribution in [1.29, 1.82) is 0 Å². The van der Waals surface area contributed by atoms with Crippen LogP contribution in [0.3, 0.4) is 0 Å². The minimum absolute atomic E-state index is 0.0967. The van der Waals surface area contributed by atoms with Crippen LogP contribution in [0.5, 0.6) is 0 Å². The molecule has 6 heteroatoms. The first-order chi connectivity index (χ1) is 9.34. The zero-order valence-electron chi connectivity index (χ0n) is 12.0. The van der Waals surface area contributed by atoms with Crippen molar-refractivity contribution >= 4 is 11.4 Å². The number of nitro groups is 1. The summed E-state index contributed by atoms with van der Waals surface area (Å²) in [6, 6.07) is 5.06. The summed E-state index contributed by atoms with van der Waals surface area (Å²) in [6.45, 7) is 6.61. The number of para-hydroxylation sites is 1. The summed E-state index contributed by atoms with van der Waals surface area (Å²) >= 11 is 0. The van der Waals surface area contributed by atoms with Gasteiger partial charge in [0.15, 0.2) is 0 Å². The topological polar surface area (TPSA) is 75.8 Å². The number of aliphatic hydroxyl groups excluding tert-OH is 1. The van der Waals surface area contributed by atoms with Gasteiger partial charge in [0.2, 0.25) is 0 Å². The third kappa shape index (κ3) is 2.91. The zero-order valence-corrected chi connectivity index (χ0v) is 12.0. The predicted octanol–water partition coefficient (Wildman–Crippen LogP) is 1.88. The highest BCUT2D eigenvalue weighted by Crippen LogP contribution is 2.35. The average Bonchev–Trinajstić information content (AvgIpc) is 2.36. The number of ether oxygens (including phenoxy) is 1. The van der Waals surface area contributed by atoms with Crippen molar-refractivity contribution in [2.75, 3.05) is 24.6 Å². The summed E-state index contributed by atoms with van der Waals surface area (Å²) in [6.07, 6.45) is -0.335. The standard InChI is InChI=1S/C14H20N2O4/c1-10-5-4-6-12(16(18)19)13(10)15-7-11(8-17)20-14(2,3)9-15/h4-6,11,17H,7-9H2,1-3H3. The molecular weight excluding hydrogens is 260 g/mol. The predicted molar refractivity (Wildman–Crippen MR) is 76.1 cm³/mol. The van der Waals surface area contributed by atoms with Gasteiger partial charge in [0.1, 0.15) is 5.69 Å². The molecular formula is C14H20N2O4. The van der Waals surface area contributed by atoms with E-state index in [1.54, 1.807) is 6.07 Å². The van der Waals surface area contributed by atoms with Gasteiger partial charge >= 0.3 is 0 Å². The molecule has 6 nitrogen and oxygen atoms in total. The second-order valence-corrected chi connectivity index (χ2v) is 5.76. The number of hydrogen-bond donors (Lipinski definition) is 1. The van der Waals surface area contributed by atoms with E-state index in [9.17, 15) is 15.2 Å². The van der Waals surface area contributed by atoms with Crippen molar-refractivity contribution in [3.05, 3.63) is 33.9 Å². The second kappa shape index (κ2) is 5.38. The van der Waals surface area contributed by atoms with E-state index in [0.29, 0.717) is 18.8 Å². The fraction of sp³-hybridized carbons (Fsp3) is 0.571. The van der Waals surface area contributed by atoms with Crippen molar-refractivity contribution in [1.82, 2.24) is 0 Å². The molecule has 1 heterocycles. The van der Waals surface area contributed by atoms with Crippen LogP contribution in [0.4, 0.5) is 11.4 Å². The lowest BCUT2D eigenvalue weighted by molar-refractivity contribution is -0.384. The van der Waals surface area contributed by atoms with E-state index in [1.165, 1.54) is 6.07 Å². The van der Waals surface area contributed by atoms with Gasteiger partial charge in [-0.15, -0.1) is 0 Å². The van der Waals surface area contributed by atoms with Gasteiger partial charge < -0.3 is 14.7 Å². The largest absolute Gasteiger partial charge is 0.394 e. The molecule has 1 N–H and O–H groups in total. The van der Waals surface area contributed by atoms with Gasteiger partial charge in [0, 0.05) is 19.2 Å². The zero-order chi connectivity index (χ0) is 14.9. The summed E-state index contributed by atoms with van der Waals surface area (Å²) in [5, 5.41) is 20.6. The lowest BCUT2D eigenvalue weighted by Crippen LogP contribution is -2.54. The fourth-order valence-corrected chi connectivity index (χ4v) is 2.76. The van der Waals surface area contributed by atoms with E-state index in [4.69, 9.17) is 4.74 Å². The van der Waals surface area contributed by atoms with Gasteiger partial charge in [-0.05, 0) is 26.3 Å². The average molecular weight is 280 g/mol. The normalized spacial score (nSPS) is 21.8. The van der Waals surface area contributed by atoms with Gasteiger partial charge in [-0.2, -0.15) is 0 Å². The van der Waals surface area contributed by atoms with Crippen LogP contribution in [-0.2, 0) is 4.74 Å². The molecule has 1 fully saturated rings. The van der Waals surface area contributed by atoms with Crippen LogP contribution < -0.4 is 4.90 Å². The number of nitro benzene ring substituents is 1. The van der Waals surface area contributed by atoms with Crippen molar-refractivity contribution in [3.63, 3.8) is 0 Å². The maximum atomic E-state index is 11.2. The molecule has 1 aliphatic rings. The van der Waals surface area contributed by atoms with Gasteiger partial charge in [-0.25, -0.2) is 0 Å². The van der Waals surface area contributed by atoms with Gasteiger partial charge in [-0.1, -0.05) is 12.1 Å². The Morgan fingerprint density at radius 3 is 2.85 bits per heavy atom. The number of aryl methyl sites for hydroxylation is 1. The van der Waals surface area contributed by atoms with E-state index < -0.39 is 5.60 Å². The lowest BCUT2D eigenvalue weighted by atomic mass is 10.0. The number of anilines is 1. The van der Waals surface area contributed by atoms with Gasteiger partial charge in [0.05, 0.1) is 23.2 Å². The monoisotopic (exact) mass is 280 g/mol. The lowest BCUT2D eigenvalue weighted by Gasteiger charge is -2.43. The highest BCUT2D eigenvalue weighted by atomic mass is 16.6. The summed E-state index contributed by atoms with van der Waals surface area (Å²) in [7, 11) is 0. The van der Waals surface area contributed by atoms with Gasteiger partial charge in [0.25, 0.3) is 5.69 Å². The van der Waals surface area contributed by atoms with Crippen molar-refractivity contribution in [2.24, 2.45) is 0 Å². The molecule has 0 spiro atoms. The molecule has 0 radical (unpaired) electrons. The molecule has 0 saturated carbocycles. The minimum Gasteiger partial charge on any atom is -0.394 e. The molecule has 0 bridgehead atoms. The van der Waals surface area contributed by atoms with Crippen LogP contribution in [0.15, 0.2) is 18.2 Å². The Hall–Kier alpha value is -1.66. The summed E-state index contributed by atoms with van der Waals surface area (Å²) in [5.41, 5.74) is 1.11. The Kier molecular flexibility index (Phi) is 3.96. The van der Waals surface area contributed by atoms with E-state index in [0.717, 1.165) is 5.56 Å². The highest BCUT2D eigenvalue weighted by Gasteiger charge is 2.36. The quantitative estimate of drug-likeness (QED) is 0.676. The first-order valence-electron chi connectivity index (χ1n) is 6.61. The summed E-state index contributed by atoms with van der Waals surface area (Å²) in [5.74, 6) is 0. The fourth-order valence-electron chi connectivity index (χ4n) is 2.76. The van der Waals surface area contributed by atoms with E-state index in [1.807, 2.05) is 31.7 Å². The van der Waals surface area contributed by atoms with Crippen molar-refractivity contribution < 1.29 is 14.8 Å². The van der Waals surface area contributed by atoms with E-state index in [-0.39, 0.29) is 23.3 Å². The number of rotatable bonds is 3. The maximum absolute atomic E-state index is 11.2. The highest BCUT2D eigenvalue weighted by molar-refractivity contribution is 5.68. The molecule has 0 aliphatic carbocycles. The minimum atomic E-state index is -0.457. The third-order valence-electron chi connectivity index (χ3n) is 3.41. The molecule has 0 amide bonds. The Bertz CT molecular complexity index is 516. The number of benzene rings is 1. The maximum Gasteiger partial charge on any atom is 0.292 e. The SMILES string of the molecule is Cc1cccc([N+](=O)[O-])c1N1CC(CO)OC(C)(C)C1. The van der Waals surface area contributed by atoms with Crippen LogP contribution >= 0.6 is 0 Å². The van der Waals surface area contributed by atoms with Crippen molar-refractivity contribution in [3.8, 4) is 0 Å². The summed E-state index contributed by atoms with van der Waals surface area (Å²) < 4.78 is 5.75. The Morgan fingerprint density at radius 2 is 2.25 bits per heavy atom. The Labute approximate surface area is 118 Å². The molecule has 1 aliphatic heterocycles. The molecule has 1 unspecified atom stereocenters. The number of morpholine rings is 1. The van der Waals surface area contributed by atoms with Crippen LogP contribution in [-0.4, -0.2) is 41.4 Å². The van der Waals surface area contributed by atoms with Crippen LogP contribution in [0.2, 0.25) is 0 Å². The first-order valence-corrected chi connectivity index (χ1v) is 6.61. The van der Waals surface area contributed by atoms with Crippen LogP contribution in [0, 0.1) is 17.0 Å². The first kappa shape index (κ1) is 14.7. The molecule has 2 rings (SSSR count). The van der Waals surface area contributed by atoms with Crippen LogP contribution in [0.25, 0.3) is 0 Å². The molecule has 20 heavy (non-hydrogen) atoms. The smallest absolute Gasteiger partial charge is 0.292 e. The number of aliphatic hydroxyl groups is 1. The van der Waals surface area contributed by atoms with E-state index in [2.05, 4.69) is 0 Å². The second-order valence-electron chi connectivity index (χ2n) is 5.76. The Balaban J connectivity index is 2.42. The molecule has 110 valence electrons. The van der Waals surface area contributed by atoms with Crippen molar-refractivity contribution in [2.45, 2.75) is 32.5 Å². The number of nitrogens with zero attached hydrogens (tertiary/aromatic N) is 2. The molecule has 1 aromatic carbocycles. The molecule has 1 aromatic rings. The molecule has 0 aromatic heterocycles. The molecule has 1 saturated heterocycles. The molecule has 1 atom stereocenters. The summed E-state index contributed by atoms with van der Waals surface area (Å²) in [4.78, 5) is 12.8. The van der Waals surface area contributed by atoms with Crippen LogP contribution in [0.1, 0.15) is 19.4 Å². The Morgan fingerprint density at radius 1 is 1.55 bits per heavy atom. The van der Waals surface area contributed by atoms with E-state index >= 15 is 0 Å². The number of hydrogen-bond acceptors (Lipinski definition) is 5.